The molecule has 7 nitrogen and oxygen atoms in total. The van der Waals surface area contributed by atoms with E-state index < -0.39 is 0 Å². The highest BCUT2D eigenvalue weighted by molar-refractivity contribution is 5.92. The molecule has 0 fully saturated rings. The third-order valence-corrected chi connectivity index (χ3v) is 5.84. The molecule has 32 heavy (non-hydrogen) atoms. The van der Waals surface area contributed by atoms with E-state index in [2.05, 4.69) is 33.2 Å². The molecular formula is C25H20N6O. The van der Waals surface area contributed by atoms with E-state index in [1.54, 1.807) is 18.7 Å². The van der Waals surface area contributed by atoms with Crippen LogP contribution < -0.4 is 5.73 Å². The highest BCUT2D eigenvalue weighted by atomic mass is 16.3. The van der Waals surface area contributed by atoms with Gasteiger partial charge in [-0.2, -0.15) is 5.10 Å². The predicted molar refractivity (Wildman–Crippen MR) is 123 cm³/mol. The number of pyridine rings is 2. The van der Waals surface area contributed by atoms with Crippen LogP contribution in [0.25, 0.3) is 39.3 Å². The first-order valence-corrected chi connectivity index (χ1v) is 10.3. The Bertz CT molecular complexity index is 1520. The van der Waals surface area contributed by atoms with Crippen molar-refractivity contribution in [2.45, 2.75) is 13.3 Å². The normalized spacial score (nSPS) is 13.5. The zero-order valence-electron chi connectivity index (χ0n) is 17.4. The van der Waals surface area contributed by atoms with Crippen molar-refractivity contribution in [2.24, 2.45) is 5.73 Å². The van der Waals surface area contributed by atoms with Crippen LogP contribution in [0.3, 0.4) is 0 Å². The largest absolute Gasteiger partial charge is 0.472 e. The molecule has 0 aromatic carbocycles. The summed E-state index contributed by atoms with van der Waals surface area (Å²) in [4.78, 5) is 12.7. The maximum Gasteiger partial charge on any atom is 0.135 e. The van der Waals surface area contributed by atoms with Gasteiger partial charge >= 0.3 is 0 Å². The maximum absolute atomic E-state index is 6.22. The first-order valence-electron chi connectivity index (χ1n) is 10.3. The quantitative estimate of drug-likeness (QED) is 0.390. The molecule has 0 unspecified atom stereocenters. The number of fused-ring (bicyclic) bond motifs is 2. The van der Waals surface area contributed by atoms with Crippen LogP contribution in [0.1, 0.15) is 22.4 Å². The first kappa shape index (κ1) is 18.4. The third-order valence-electron chi connectivity index (χ3n) is 5.84. The SMILES string of the molecule is Cc1ccncc1-c1ccc2[nH]nc(-c3cc4c([nH]3)CC(N)=CC=C4c3ccoc3)c2n1. The second-order valence-corrected chi connectivity index (χ2v) is 7.94. The van der Waals surface area contributed by atoms with Crippen molar-refractivity contribution in [1.29, 1.82) is 0 Å². The summed E-state index contributed by atoms with van der Waals surface area (Å²) in [7, 11) is 0. The van der Waals surface area contributed by atoms with Gasteiger partial charge in [0, 0.05) is 46.9 Å². The Morgan fingerprint density at radius 1 is 1.09 bits per heavy atom. The second-order valence-electron chi connectivity index (χ2n) is 7.94. The minimum Gasteiger partial charge on any atom is -0.472 e. The zero-order chi connectivity index (χ0) is 21.7. The standard InChI is InChI=1S/C25H20N6O/c1-14-6-8-27-12-19(14)20-4-5-21-24(29-20)25(31-30-21)23-11-18-17(15-7-9-32-13-15)3-2-16(26)10-22(18)28-23/h2-9,11-13,28H,10,26H2,1H3,(H,30,31). The van der Waals surface area contributed by atoms with Gasteiger partial charge in [-0.25, -0.2) is 4.98 Å². The monoisotopic (exact) mass is 420 g/mol. The van der Waals surface area contributed by atoms with Gasteiger partial charge < -0.3 is 15.1 Å². The number of H-pyrrole nitrogens is 2. The van der Waals surface area contributed by atoms with Gasteiger partial charge in [0.05, 0.1) is 29.4 Å². The van der Waals surface area contributed by atoms with E-state index >= 15 is 0 Å². The molecule has 1 aliphatic rings. The minimum atomic E-state index is 0.628. The molecule has 4 N–H and O–H groups in total. The number of nitrogens with one attached hydrogen (secondary N) is 2. The van der Waals surface area contributed by atoms with Crippen LogP contribution in [-0.4, -0.2) is 25.1 Å². The summed E-state index contributed by atoms with van der Waals surface area (Å²) < 4.78 is 5.32. The zero-order valence-corrected chi connectivity index (χ0v) is 17.4. The number of hydrogen-bond donors (Lipinski definition) is 3. The molecule has 0 amide bonds. The van der Waals surface area contributed by atoms with Crippen molar-refractivity contribution >= 4 is 16.6 Å². The fourth-order valence-electron chi connectivity index (χ4n) is 4.19. The Kier molecular flexibility index (Phi) is 4.07. The van der Waals surface area contributed by atoms with Gasteiger partial charge in [0.15, 0.2) is 0 Å². The molecule has 0 saturated carbocycles. The summed E-state index contributed by atoms with van der Waals surface area (Å²) in [5.74, 6) is 0. The fourth-order valence-corrected chi connectivity index (χ4v) is 4.19. The highest BCUT2D eigenvalue weighted by Crippen LogP contribution is 2.35. The Morgan fingerprint density at radius 2 is 2.03 bits per heavy atom. The molecular weight excluding hydrogens is 400 g/mol. The lowest BCUT2D eigenvalue weighted by Gasteiger charge is -2.04. The van der Waals surface area contributed by atoms with Crippen molar-refractivity contribution in [1.82, 2.24) is 25.1 Å². The van der Waals surface area contributed by atoms with Crippen LogP contribution in [0.5, 0.6) is 0 Å². The first-order chi connectivity index (χ1) is 15.7. The van der Waals surface area contributed by atoms with E-state index in [0.717, 1.165) is 67.3 Å². The molecule has 1 aliphatic carbocycles. The maximum atomic E-state index is 6.22. The summed E-state index contributed by atoms with van der Waals surface area (Å²) >= 11 is 0. The number of aromatic amines is 2. The minimum absolute atomic E-state index is 0.628. The summed E-state index contributed by atoms with van der Waals surface area (Å²) in [6, 6.07) is 10.0. The van der Waals surface area contributed by atoms with Gasteiger partial charge in [-0.1, -0.05) is 6.08 Å². The van der Waals surface area contributed by atoms with E-state index in [9.17, 15) is 0 Å². The molecule has 6 rings (SSSR count). The van der Waals surface area contributed by atoms with Gasteiger partial charge in [-0.3, -0.25) is 10.1 Å². The Morgan fingerprint density at radius 3 is 2.88 bits per heavy atom. The van der Waals surface area contributed by atoms with Crippen LogP contribution >= 0.6 is 0 Å². The van der Waals surface area contributed by atoms with Crippen LogP contribution in [0.4, 0.5) is 0 Å². The predicted octanol–water partition coefficient (Wildman–Crippen LogP) is 4.75. The number of nitrogens with two attached hydrogens (primary N) is 1. The number of rotatable bonds is 3. The van der Waals surface area contributed by atoms with E-state index in [1.165, 1.54) is 0 Å². The molecule has 0 radical (unpaired) electrons. The van der Waals surface area contributed by atoms with Gasteiger partial charge in [-0.15, -0.1) is 0 Å². The van der Waals surface area contributed by atoms with Crippen molar-refractivity contribution in [3.8, 4) is 22.6 Å². The average molecular weight is 420 g/mol. The number of hydrogen-bond acceptors (Lipinski definition) is 5. The van der Waals surface area contributed by atoms with Crippen molar-refractivity contribution in [3.63, 3.8) is 0 Å². The lowest BCUT2D eigenvalue weighted by molar-refractivity contribution is 0.566. The Balaban J connectivity index is 1.50. The third kappa shape index (κ3) is 2.94. The molecule has 5 aromatic heterocycles. The molecule has 0 bridgehead atoms. The van der Waals surface area contributed by atoms with Gasteiger partial charge in [0.2, 0.25) is 0 Å². The molecule has 5 heterocycles. The van der Waals surface area contributed by atoms with Crippen LogP contribution in [0.2, 0.25) is 0 Å². The van der Waals surface area contributed by atoms with Crippen molar-refractivity contribution in [2.75, 3.05) is 0 Å². The molecule has 156 valence electrons. The molecule has 0 spiro atoms. The molecule has 0 aliphatic heterocycles. The van der Waals surface area contributed by atoms with Gasteiger partial charge in [0.1, 0.15) is 11.2 Å². The summed E-state index contributed by atoms with van der Waals surface area (Å²) in [6.45, 7) is 2.06. The molecule has 7 heteroatoms. The molecule has 0 atom stereocenters. The summed E-state index contributed by atoms with van der Waals surface area (Å²) in [5, 5.41) is 7.68. The Hall–Kier alpha value is -4.39. The number of furan rings is 1. The van der Waals surface area contributed by atoms with E-state index in [-0.39, 0.29) is 0 Å². The number of allylic oxidation sites excluding steroid dienone is 3. The van der Waals surface area contributed by atoms with Crippen molar-refractivity contribution in [3.05, 3.63) is 95.5 Å². The van der Waals surface area contributed by atoms with Gasteiger partial charge in [0.25, 0.3) is 0 Å². The fraction of sp³-hybridized carbons (Fsp3) is 0.0800. The summed E-state index contributed by atoms with van der Waals surface area (Å²) in [5.41, 5.74) is 17.5. The van der Waals surface area contributed by atoms with E-state index in [4.69, 9.17) is 15.1 Å². The smallest absolute Gasteiger partial charge is 0.135 e. The average Bonchev–Trinajstić information content (AvgIpc) is 3.53. The molecule has 5 aromatic rings. The lowest BCUT2D eigenvalue weighted by atomic mass is 10.00. The Labute approximate surface area is 183 Å². The highest BCUT2D eigenvalue weighted by Gasteiger charge is 2.21. The van der Waals surface area contributed by atoms with Crippen LogP contribution in [0, 0.1) is 6.92 Å². The van der Waals surface area contributed by atoms with Crippen molar-refractivity contribution < 1.29 is 4.42 Å². The van der Waals surface area contributed by atoms with E-state index in [0.29, 0.717) is 6.42 Å². The lowest BCUT2D eigenvalue weighted by Crippen LogP contribution is -2.01. The van der Waals surface area contributed by atoms with Crippen LogP contribution in [-0.2, 0) is 6.42 Å². The number of nitrogens with zero attached hydrogens (tertiary/aromatic N) is 3. The number of aryl methyl sites for hydroxylation is 1. The number of aromatic nitrogens is 5. The topological polar surface area (TPSA) is 109 Å². The van der Waals surface area contributed by atoms with E-state index in [1.807, 2.05) is 42.6 Å². The summed E-state index contributed by atoms with van der Waals surface area (Å²) in [6.07, 6.45) is 11.7. The van der Waals surface area contributed by atoms with Crippen LogP contribution in [0.15, 0.2) is 77.5 Å². The van der Waals surface area contributed by atoms with Gasteiger partial charge in [-0.05, 0) is 54.5 Å². The molecule has 0 saturated heterocycles. The second kappa shape index (κ2) is 7.09.